The molecule has 0 spiro atoms. The van der Waals surface area contributed by atoms with Gasteiger partial charge in [-0.15, -0.1) is 0 Å². The monoisotopic (exact) mass is 199 g/mol. The molecule has 0 aromatic heterocycles. The van der Waals surface area contributed by atoms with E-state index in [9.17, 15) is 14.7 Å². The zero-order chi connectivity index (χ0) is 10.9. The Morgan fingerprint density at radius 3 is 2.36 bits per heavy atom. The second-order valence-corrected chi connectivity index (χ2v) is 3.53. The molecule has 0 unspecified atom stereocenters. The molecule has 6 nitrogen and oxygen atoms in total. The van der Waals surface area contributed by atoms with E-state index < -0.39 is 17.6 Å². The SMILES string of the molecule is CC(C)CN(N)C1=C(O)C(=O)NC1=O. The number of imide groups is 1. The quantitative estimate of drug-likeness (QED) is 0.315. The third-order valence-electron chi connectivity index (χ3n) is 1.73. The molecule has 4 N–H and O–H groups in total. The molecular formula is C8H13N3O3. The molecule has 0 aromatic rings. The van der Waals surface area contributed by atoms with Crippen molar-refractivity contribution in [2.24, 2.45) is 11.8 Å². The first-order valence-electron chi connectivity index (χ1n) is 4.24. The van der Waals surface area contributed by atoms with Gasteiger partial charge >= 0.3 is 0 Å². The summed E-state index contributed by atoms with van der Waals surface area (Å²) in [4.78, 5) is 22.0. The lowest BCUT2D eigenvalue weighted by molar-refractivity contribution is -0.125. The van der Waals surface area contributed by atoms with E-state index in [1.807, 2.05) is 19.2 Å². The molecule has 14 heavy (non-hydrogen) atoms. The molecular weight excluding hydrogens is 186 g/mol. The fourth-order valence-corrected chi connectivity index (χ4v) is 1.19. The van der Waals surface area contributed by atoms with Crippen molar-refractivity contribution in [3.05, 3.63) is 11.5 Å². The third-order valence-corrected chi connectivity index (χ3v) is 1.73. The minimum Gasteiger partial charge on any atom is -0.501 e. The van der Waals surface area contributed by atoms with Gasteiger partial charge in [-0.05, 0) is 5.92 Å². The van der Waals surface area contributed by atoms with E-state index in [2.05, 4.69) is 0 Å². The van der Waals surface area contributed by atoms with Gasteiger partial charge in [0.05, 0.1) is 0 Å². The second-order valence-electron chi connectivity index (χ2n) is 3.53. The average Bonchev–Trinajstić information content (AvgIpc) is 2.25. The second kappa shape index (κ2) is 3.67. The molecule has 0 fully saturated rings. The van der Waals surface area contributed by atoms with E-state index >= 15 is 0 Å². The first-order chi connectivity index (χ1) is 6.43. The fraction of sp³-hybridized carbons (Fsp3) is 0.500. The van der Waals surface area contributed by atoms with Gasteiger partial charge in [0, 0.05) is 6.54 Å². The predicted octanol–water partition coefficient (Wildman–Crippen LogP) is -0.756. The first-order valence-corrected chi connectivity index (χ1v) is 4.24. The van der Waals surface area contributed by atoms with E-state index in [1.54, 1.807) is 0 Å². The number of nitrogens with zero attached hydrogens (tertiary/aromatic N) is 1. The van der Waals surface area contributed by atoms with Gasteiger partial charge in [0.15, 0.2) is 5.70 Å². The summed E-state index contributed by atoms with van der Waals surface area (Å²) >= 11 is 0. The summed E-state index contributed by atoms with van der Waals surface area (Å²) in [5, 5.41) is 12.3. The predicted molar refractivity (Wildman–Crippen MR) is 48.5 cm³/mol. The molecule has 0 saturated heterocycles. The summed E-state index contributed by atoms with van der Waals surface area (Å²) in [5.74, 6) is 3.68. The number of hydrazine groups is 1. The highest BCUT2D eigenvalue weighted by Gasteiger charge is 2.33. The van der Waals surface area contributed by atoms with Crippen LogP contribution in [0.25, 0.3) is 0 Å². The summed E-state index contributed by atoms with van der Waals surface area (Å²) in [7, 11) is 0. The van der Waals surface area contributed by atoms with E-state index in [4.69, 9.17) is 5.84 Å². The Kier molecular flexibility index (Phi) is 2.76. The van der Waals surface area contributed by atoms with E-state index in [1.165, 1.54) is 0 Å². The molecule has 1 aliphatic rings. The standard InChI is InChI=1S/C8H13N3O3/c1-4(2)3-11(9)5-6(12)8(14)10-7(5)13/h4H,3,9H2,1-2H3,(H2,10,12,13,14). The fourth-order valence-electron chi connectivity index (χ4n) is 1.19. The van der Waals surface area contributed by atoms with Crippen LogP contribution in [0.5, 0.6) is 0 Å². The Balaban J connectivity index is 2.85. The number of carbonyl (C=O) groups is 2. The van der Waals surface area contributed by atoms with Crippen molar-refractivity contribution in [2.45, 2.75) is 13.8 Å². The molecule has 2 amide bonds. The zero-order valence-electron chi connectivity index (χ0n) is 8.07. The highest BCUT2D eigenvalue weighted by atomic mass is 16.3. The van der Waals surface area contributed by atoms with Gasteiger partial charge in [-0.2, -0.15) is 0 Å². The Morgan fingerprint density at radius 2 is 2.00 bits per heavy atom. The smallest absolute Gasteiger partial charge is 0.295 e. The molecule has 0 aromatic carbocycles. The van der Waals surface area contributed by atoms with Crippen LogP contribution in [0.2, 0.25) is 0 Å². The number of hydrogen-bond donors (Lipinski definition) is 3. The van der Waals surface area contributed by atoms with Gasteiger partial charge in [0.25, 0.3) is 11.8 Å². The van der Waals surface area contributed by atoms with Crippen LogP contribution < -0.4 is 11.2 Å². The minimum absolute atomic E-state index is 0.163. The van der Waals surface area contributed by atoms with Crippen molar-refractivity contribution in [3.8, 4) is 0 Å². The first kappa shape index (κ1) is 10.5. The maximum atomic E-state index is 11.1. The van der Waals surface area contributed by atoms with Gasteiger partial charge in [-0.25, -0.2) is 5.84 Å². The summed E-state index contributed by atoms with van der Waals surface area (Å²) in [6, 6.07) is 0. The molecule has 6 heteroatoms. The minimum atomic E-state index is -0.802. The highest BCUT2D eigenvalue weighted by Crippen LogP contribution is 2.13. The lowest BCUT2D eigenvalue weighted by atomic mass is 10.2. The van der Waals surface area contributed by atoms with Crippen LogP contribution in [0, 0.1) is 5.92 Å². The molecule has 0 aliphatic carbocycles. The molecule has 0 saturated carbocycles. The molecule has 1 aliphatic heterocycles. The van der Waals surface area contributed by atoms with Gasteiger partial charge in [0.1, 0.15) is 0 Å². The van der Waals surface area contributed by atoms with Crippen LogP contribution >= 0.6 is 0 Å². The van der Waals surface area contributed by atoms with Crippen molar-refractivity contribution >= 4 is 11.8 Å². The maximum absolute atomic E-state index is 11.1. The number of carbonyl (C=O) groups excluding carboxylic acids is 2. The Labute approximate surface area is 81.3 Å². The van der Waals surface area contributed by atoms with Crippen molar-refractivity contribution in [1.82, 2.24) is 10.3 Å². The Hall–Kier alpha value is -1.56. The summed E-state index contributed by atoms with van der Waals surface area (Å²) in [6.07, 6.45) is 0. The van der Waals surface area contributed by atoms with Gasteiger partial charge in [0.2, 0.25) is 5.76 Å². The summed E-state index contributed by atoms with van der Waals surface area (Å²) in [6.45, 7) is 4.21. The molecule has 78 valence electrons. The number of hydrogen-bond acceptors (Lipinski definition) is 5. The van der Waals surface area contributed by atoms with Gasteiger partial charge in [-0.1, -0.05) is 13.8 Å². The lowest BCUT2D eigenvalue weighted by Crippen LogP contribution is -2.38. The normalized spacial score (nSPS) is 16.6. The Morgan fingerprint density at radius 1 is 1.43 bits per heavy atom. The highest BCUT2D eigenvalue weighted by molar-refractivity contribution is 6.17. The number of aliphatic hydroxyl groups is 1. The van der Waals surface area contributed by atoms with Crippen LogP contribution in [-0.4, -0.2) is 28.5 Å². The summed E-state index contributed by atoms with van der Waals surface area (Å²) in [5.41, 5.74) is -0.163. The van der Waals surface area contributed by atoms with E-state index in [-0.39, 0.29) is 11.6 Å². The molecule has 0 bridgehead atoms. The lowest BCUT2D eigenvalue weighted by Gasteiger charge is -2.19. The Bertz CT molecular complexity index is 309. The van der Waals surface area contributed by atoms with Crippen molar-refractivity contribution in [2.75, 3.05) is 6.54 Å². The van der Waals surface area contributed by atoms with Crippen LogP contribution in [-0.2, 0) is 9.59 Å². The van der Waals surface area contributed by atoms with Gasteiger partial charge in [-0.3, -0.25) is 14.9 Å². The van der Waals surface area contributed by atoms with Crippen LogP contribution in [0.3, 0.4) is 0 Å². The average molecular weight is 199 g/mol. The summed E-state index contributed by atoms with van der Waals surface area (Å²) < 4.78 is 0. The largest absolute Gasteiger partial charge is 0.501 e. The van der Waals surface area contributed by atoms with Crippen LogP contribution in [0.4, 0.5) is 0 Å². The third kappa shape index (κ3) is 1.85. The number of aliphatic hydroxyl groups excluding tert-OH is 1. The van der Waals surface area contributed by atoms with Crippen LogP contribution in [0.1, 0.15) is 13.8 Å². The van der Waals surface area contributed by atoms with Crippen molar-refractivity contribution < 1.29 is 14.7 Å². The van der Waals surface area contributed by atoms with Crippen molar-refractivity contribution in [1.29, 1.82) is 0 Å². The number of amides is 2. The van der Waals surface area contributed by atoms with E-state index in [0.717, 1.165) is 5.01 Å². The molecule has 1 heterocycles. The number of nitrogens with two attached hydrogens (primary N) is 1. The molecule has 0 radical (unpaired) electrons. The van der Waals surface area contributed by atoms with Crippen molar-refractivity contribution in [3.63, 3.8) is 0 Å². The molecule has 0 atom stereocenters. The number of nitrogens with one attached hydrogen (secondary N) is 1. The molecule has 1 rings (SSSR count). The number of rotatable bonds is 3. The zero-order valence-corrected chi connectivity index (χ0v) is 8.07. The maximum Gasteiger partial charge on any atom is 0.295 e. The van der Waals surface area contributed by atoms with Gasteiger partial charge < -0.3 is 10.1 Å². The topological polar surface area (TPSA) is 95.7 Å². The van der Waals surface area contributed by atoms with Crippen LogP contribution in [0.15, 0.2) is 11.5 Å². The van der Waals surface area contributed by atoms with E-state index in [0.29, 0.717) is 6.54 Å².